The second-order valence-electron chi connectivity index (χ2n) is 7.76. The second kappa shape index (κ2) is 9.68. The minimum Gasteiger partial charge on any atom is -0.459 e. The fraction of sp³-hybridized carbons (Fsp3) is 0.435. The van der Waals surface area contributed by atoms with Crippen LogP contribution in [-0.4, -0.2) is 73.9 Å². The third-order valence-electron chi connectivity index (χ3n) is 5.85. The maximum absolute atomic E-state index is 12.6. The molecule has 2 amide bonds. The van der Waals surface area contributed by atoms with Crippen LogP contribution in [0.1, 0.15) is 29.0 Å². The molecule has 1 fully saturated rings. The van der Waals surface area contributed by atoms with E-state index in [1.54, 1.807) is 24.1 Å². The topological polar surface area (TPSA) is 81.4 Å². The maximum Gasteiger partial charge on any atom is 0.289 e. The van der Waals surface area contributed by atoms with Crippen LogP contribution in [0.4, 0.5) is 5.69 Å². The highest BCUT2D eigenvalue weighted by molar-refractivity contribution is 5.95. The summed E-state index contributed by atoms with van der Waals surface area (Å²) < 4.78 is 5.21. The smallest absolute Gasteiger partial charge is 0.289 e. The number of piperazine rings is 1. The molecule has 0 spiro atoms. The molecule has 0 unspecified atom stereocenters. The van der Waals surface area contributed by atoms with Crippen LogP contribution in [0.5, 0.6) is 0 Å². The number of fused-ring (bicyclic) bond motifs is 1. The molecule has 0 bridgehead atoms. The van der Waals surface area contributed by atoms with Crippen LogP contribution in [0, 0.1) is 0 Å². The molecule has 8 nitrogen and oxygen atoms in total. The molecule has 0 atom stereocenters. The third-order valence-corrected chi connectivity index (χ3v) is 5.85. The zero-order chi connectivity index (χ0) is 21.6. The van der Waals surface area contributed by atoms with E-state index in [0.29, 0.717) is 44.9 Å². The number of benzene rings is 1. The van der Waals surface area contributed by atoms with Crippen molar-refractivity contribution in [2.45, 2.75) is 19.3 Å². The van der Waals surface area contributed by atoms with Gasteiger partial charge in [0.05, 0.1) is 6.26 Å². The number of guanidine groups is 1. The van der Waals surface area contributed by atoms with Crippen LogP contribution in [0.2, 0.25) is 0 Å². The summed E-state index contributed by atoms with van der Waals surface area (Å²) in [6.07, 6.45) is 3.70. The number of para-hydroxylation sites is 1. The summed E-state index contributed by atoms with van der Waals surface area (Å²) in [5.74, 6) is 1.28. The predicted molar refractivity (Wildman–Crippen MR) is 119 cm³/mol. The first-order chi connectivity index (χ1) is 15.2. The molecular formula is C23H29N5O3. The molecular weight excluding hydrogens is 394 g/mol. The number of anilines is 1. The minimum absolute atomic E-state index is 0.0744. The van der Waals surface area contributed by atoms with E-state index in [4.69, 9.17) is 4.42 Å². The van der Waals surface area contributed by atoms with Crippen molar-refractivity contribution in [1.82, 2.24) is 15.1 Å². The van der Waals surface area contributed by atoms with Gasteiger partial charge in [-0.15, -0.1) is 0 Å². The summed E-state index contributed by atoms with van der Waals surface area (Å²) in [7, 11) is 1.76. The maximum atomic E-state index is 12.6. The zero-order valence-corrected chi connectivity index (χ0v) is 17.9. The van der Waals surface area contributed by atoms with Gasteiger partial charge in [0.25, 0.3) is 5.91 Å². The summed E-state index contributed by atoms with van der Waals surface area (Å²) in [5.41, 5.74) is 2.30. The van der Waals surface area contributed by atoms with Crippen molar-refractivity contribution in [3.63, 3.8) is 0 Å². The SMILES string of the molecule is CN=C(NCCCC(=O)N1CCc2ccccc21)N1CCN(C(=O)c2ccco2)CC1. The number of aliphatic imine (C=N–C) groups is 1. The second-order valence-corrected chi connectivity index (χ2v) is 7.76. The van der Waals surface area contributed by atoms with Crippen molar-refractivity contribution in [3.8, 4) is 0 Å². The average molecular weight is 424 g/mol. The number of carbonyl (C=O) groups excluding carboxylic acids is 2. The van der Waals surface area contributed by atoms with Gasteiger partial charge in [0.15, 0.2) is 11.7 Å². The van der Waals surface area contributed by atoms with Crippen LogP contribution in [0.15, 0.2) is 52.1 Å². The van der Waals surface area contributed by atoms with Gasteiger partial charge in [-0.1, -0.05) is 18.2 Å². The Bertz CT molecular complexity index is 932. The lowest BCUT2D eigenvalue weighted by atomic mass is 10.2. The highest BCUT2D eigenvalue weighted by atomic mass is 16.3. The van der Waals surface area contributed by atoms with E-state index >= 15 is 0 Å². The van der Waals surface area contributed by atoms with Gasteiger partial charge in [0, 0.05) is 58.4 Å². The van der Waals surface area contributed by atoms with E-state index in [1.807, 2.05) is 23.1 Å². The molecule has 1 saturated heterocycles. The molecule has 0 radical (unpaired) electrons. The van der Waals surface area contributed by atoms with Crippen LogP contribution >= 0.6 is 0 Å². The molecule has 1 aromatic carbocycles. The molecule has 8 heteroatoms. The number of amides is 2. The Balaban J connectivity index is 1.19. The lowest BCUT2D eigenvalue weighted by Gasteiger charge is -2.36. The van der Waals surface area contributed by atoms with Crippen molar-refractivity contribution in [1.29, 1.82) is 0 Å². The van der Waals surface area contributed by atoms with Crippen molar-refractivity contribution < 1.29 is 14.0 Å². The number of hydrogen-bond donors (Lipinski definition) is 1. The van der Waals surface area contributed by atoms with Crippen molar-refractivity contribution in [2.75, 3.05) is 51.2 Å². The van der Waals surface area contributed by atoms with E-state index < -0.39 is 0 Å². The minimum atomic E-state index is -0.0744. The molecule has 31 heavy (non-hydrogen) atoms. The fourth-order valence-electron chi connectivity index (χ4n) is 4.18. The normalized spacial score (nSPS) is 16.4. The van der Waals surface area contributed by atoms with Crippen LogP contribution < -0.4 is 10.2 Å². The molecule has 2 aliphatic rings. The molecule has 1 aromatic heterocycles. The Morgan fingerprint density at radius 3 is 2.55 bits per heavy atom. The first-order valence-electron chi connectivity index (χ1n) is 10.8. The van der Waals surface area contributed by atoms with Gasteiger partial charge in [0.2, 0.25) is 5.91 Å². The number of hydrogen-bond acceptors (Lipinski definition) is 4. The highest BCUT2D eigenvalue weighted by Crippen LogP contribution is 2.28. The summed E-state index contributed by atoms with van der Waals surface area (Å²) in [6.45, 7) is 4.10. The van der Waals surface area contributed by atoms with Crippen LogP contribution in [0.3, 0.4) is 0 Å². The lowest BCUT2D eigenvalue weighted by molar-refractivity contribution is -0.118. The lowest BCUT2D eigenvalue weighted by Crippen LogP contribution is -2.53. The van der Waals surface area contributed by atoms with E-state index in [-0.39, 0.29) is 11.8 Å². The van der Waals surface area contributed by atoms with Crippen molar-refractivity contribution in [2.24, 2.45) is 4.99 Å². The number of nitrogens with one attached hydrogen (secondary N) is 1. The van der Waals surface area contributed by atoms with Gasteiger partial charge >= 0.3 is 0 Å². The molecule has 1 N–H and O–H groups in total. The Kier molecular flexibility index (Phi) is 6.54. The number of rotatable bonds is 5. The van der Waals surface area contributed by atoms with Gasteiger partial charge in [-0.05, 0) is 36.6 Å². The van der Waals surface area contributed by atoms with Crippen molar-refractivity contribution in [3.05, 3.63) is 54.0 Å². The number of carbonyl (C=O) groups is 2. The van der Waals surface area contributed by atoms with Gasteiger partial charge in [0.1, 0.15) is 0 Å². The van der Waals surface area contributed by atoms with Crippen LogP contribution in [-0.2, 0) is 11.2 Å². The first-order valence-corrected chi connectivity index (χ1v) is 10.8. The van der Waals surface area contributed by atoms with E-state index in [0.717, 1.165) is 31.0 Å². The molecule has 0 saturated carbocycles. The van der Waals surface area contributed by atoms with E-state index in [2.05, 4.69) is 21.3 Å². The van der Waals surface area contributed by atoms with Gasteiger partial charge in [-0.25, -0.2) is 0 Å². The predicted octanol–water partition coefficient (Wildman–Crippen LogP) is 1.98. The molecule has 164 valence electrons. The Morgan fingerprint density at radius 2 is 1.81 bits per heavy atom. The average Bonchev–Trinajstić information content (AvgIpc) is 3.49. The van der Waals surface area contributed by atoms with Crippen molar-refractivity contribution >= 4 is 23.5 Å². The molecule has 2 aliphatic heterocycles. The summed E-state index contributed by atoms with van der Waals surface area (Å²) in [4.78, 5) is 35.2. The molecule has 0 aliphatic carbocycles. The third kappa shape index (κ3) is 4.73. The van der Waals surface area contributed by atoms with E-state index in [1.165, 1.54) is 11.8 Å². The van der Waals surface area contributed by atoms with E-state index in [9.17, 15) is 9.59 Å². The Hall–Kier alpha value is -3.29. The van der Waals surface area contributed by atoms with Gasteiger partial charge in [-0.3, -0.25) is 14.6 Å². The number of nitrogens with zero attached hydrogens (tertiary/aromatic N) is 4. The fourth-order valence-corrected chi connectivity index (χ4v) is 4.18. The molecule has 3 heterocycles. The Morgan fingerprint density at radius 1 is 1.03 bits per heavy atom. The molecule has 4 rings (SSSR count). The monoisotopic (exact) mass is 423 g/mol. The highest BCUT2D eigenvalue weighted by Gasteiger charge is 2.26. The Labute approximate surface area is 182 Å². The largest absolute Gasteiger partial charge is 0.459 e. The summed E-state index contributed by atoms with van der Waals surface area (Å²) >= 11 is 0. The number of furan rings is 1. The van der Waals surface area contributed by atoms with Gasteiger partial charge in [-0.2, -0.15) is 0 Å². The zero-order valence-electron chi connectivity index (χ0n) is 17.9. The van der Waals surface area contributed by atoms with Gasteiger partial charge < -0.3 is 24.4 Å². The molecule has 2 aromatic rings. The summed E-state index contributed by atoms with van der Waals surface area (Å²) in [5, 5.41) is 3.36. The van der Waals surface area contributed by atoms with Crippen LogP contribution in [0.25, 0.3) is 0 Å². The summed E-state index contributed by atoms with van der Waals surface area (Å²) in [6, 6.07) is 11.5. The quantitative estimate of drug-likeness (QED) is 0.452. The first kappa shape index (κ1) is 21.0. The standard InChI is InChI=1S/C23H29N5O3/c1-24-23(27-15-13-26(14-16-27)22(30)20-8-5-17-31-20)25-11-4-9-21(29)28-12-10-18-6-2-3-7-19(18)28/h2-3,5-8,17H,4,9-16H2,1H3,(H,24,25).